The van der Waals surface area contributed by atoms with Crippen LogP contribution in [0.1, 0.15) is 297 Å². The number of allylic oxidation sites excluding steroid dienone is 2. The maximum absolute atomic E-state index is 13.2. The van der Waals surface area contributed by atoms with Crippen molar-refractivity contribution in [3.05, 3.63) is 12.2 Å². The second-order valence-corrected chi connectivity index (χ2v) is 18.6. The lowest BCUT2D eigenvalue weighted by Gasteiger charge is -2.24. The van der Waals surface area contributed by atoms with Gasteiger partial charge >= 0.3 is 5.97 Å². The highest BCUT2D eigenvalue weighted by Crippen LogP contribution is 2.18. The van der Waals surface area contributed by atoms with Gasteiger partial charge in [-0.3, -0.25) is 9.59 Å². The quantitative estimate of drug-likeness (QED) is 0.0322. The Bertz CT molecular complexity index is 909. The predicted octanol–water partition coefficient (Wildman–Crippen LogP) is 16.1. The predicted molar refractivity (Wildman–Crippen MR) is 260 cm³/mol. The number of hydrogen-bond donors (Lipinski definition) is 3. The summed E-state index contributed by atoms with van der Waals surface area (Å²) in [5.74, 6) is -0.458. The first-order valence-corrected chi connectivity index (χ1v) is 26.9. The second-order valence-electron chi connectivity index (χ2n) is 18.6. The van der Waals surface area contributed by atoms with E-state index < -0.39 is 18.2 Å². The third kappa shape index (κ3) is 43.3. The Morgan fingerprint density at radius 3 is 1.18 bits per heavy atom. The minimum absolute atomic E-state index is 0.0841. The van der Waals surface area contributed by atoms with E-state index in [0.717, 1.165) is 44.9 Å². The molecule has 0 bridgehead atoms. The molecule has 0 saturated carbocycles. The third-order valence-corrected chi connectivity index (χ3v) is 12.6. The van der Waals surface area contributed by atoms with E-state index in [0.29, 0.717) is 19.3 Å². The van der Waals surface area contributed by atoms with Gasteiger partial charge in [-0.05, 0) is 51.4 Å². The van der Waals surface area contributed by atoms with Crippen molar-refractivity contribution in [1.82, 2.24) is 5.32 Å². The van der Waals surface area contributed by atoms with Crippen molar-refractivity contribution < 1.29 is 24.5 Å². The molecule has 0 heterocycles. The molecule has 0 fully saturated rings. The number of carbonyl (C=O) groups is 2. The van der Waals surface area contributed by atoms with Gasteiger partial charge < -0.3 is 20.3 Å². The average molecular weight is 848 g/mol. The van der Waals surface area contributed by atoms with Crippen LogP contribution in [0.4, 0.5) is 0 Å². The van der Waals surface area contributed by atoms with E-state index in [-0.39, 0.29) is 24.9 Å². The first-order chi connectivity index (χ1) is 29.5. The van der Waals surface area contributed by atoms with Gasteiger partial charge in [0.15, 0.2) is 0 Å². The number of ether oxygens (including phenoxy) is 1. The van der Waals surface area contributed by atoms with E-state index in [9.17, 15) is 19.8 Å². The molecule has 3 unspecified atom stereocenters. The fraction of sp³-hybridized carbons (Fsp3) is 0.926. The van der Waals surface area contributed by atoms with Gasteiger partial charge in [0, 0.05) is 6.42 Å². The van der Waals surface area contributed by atoms with Gasteiger partial charge in [-0.2, -0.15) is 0 Å². The number of aliphatic hydroxyl groups is 2. The molecule has 0 aliphatic carbocycles. The van der Waals surface area contributed by atoms with Crippen LogP contribution in [0.15, 0.2) is 12.2 Å². The summed E-state index contributed by atoms with van der Waals surface area (Å²) in [6, 6.07) is -0.694. The molecule has 0 aliphatic heterocycles. The van der Waals surface area contributed by atoms with Crippen molar-refractivity contribution in [3.63, 3.8) is 0 Å². The lowest BCUT2D eigenvalue weighted by molar-refractivity contribution is -0.151. The zero-order valence-electron chi connectivity index (χ0n) is 40.6. The molecule has 0 aromatic rings. The lowest BCUT2D eigenvalue weighted by atomic mass is 10.0. The van der Waals surface area contributed by atoms with Gasteiger partial charge in [-0.15, -0.1) is 0 Å². The smallest absolute Gasteiger partial charge is 0.306 e. The number of amides is 1. The van der Waals surface area contributed by atoms with Crippen LogP contribution in [-0.4, -0.2) is 46.9 Å². The highest BCUT2D eigenvalue weighted by atomic mass is 16.5. The maximum atomic E-state index is 13.2. The normalized spacial score (nSPS) is 13.2. The van der Waals surface area contributed by atoms with Crippen molar-refractivity contribution in [2.24, 2.45) is 0 Å². The van der Waals surface area contributed by atoms with Crippen LogP contribution in [0, 0.1) is 0 Å². The summed E-state index contributed by atoms with van der Waals surface area (Å²) in [6.07, 6.45) is 54.2. The van der Waals surface area contributed by atoms with Gasteiger partial charge in [-0.25, -0.2) is 0 Å². The van der Waals surface area contributed by atoms with Crippen LogP contribution in [0.3, 0.4) is 0 Å². The molecule has 3 atom stereocenters. The lowest BCUT2D eigenvalue weighted by Crippen LogP contribution is -2.46. The summed E-state index contributed by atoms with van der Waals surface area (Å²) in [7, 11) is 0. The molecule has 6 heteroatoms. The molecule has 60 heavy (non-hydrogen) atoms. The van der Waals surface area contributed by atoms with Crippen LogP contribution in [0.2, 0.25) is 0 Å². The Morgan fingerprint density at radius 1 is 0.467 bits per heavy atom. The Balaban J connectivity index is 4.45. The summed E-state index contributed by atoms with van der Waals surface area (Å²) >= 11 is 0. The Kier molecular flexibility index (Phi) is 47.5. The fourth-order valence-electron chi connectivity index (χ4n) is 8.49. The molecule has 0 radical (unpaired) electrons. The standard InChI is InChI=1S/C54H105NO5/c1-4-7-10-13-16-19-22-24-25-26-27-28-29-30-32-35-38-41-44-47-54(59)60-50(45-42-39-36-33-31-23-20-17-14-11-8-5-2)48-53(58)55-51(49-56)52(57)46-43-40-37-34-21-18-15-12-9-6-3/h24-25,50-52,56-57H,4-23,26-49H2,1-3H3,(H,55,58)/b25-24+. The number of nitrogens with one attached hydrogen (secondary N) is 1. The van der Waals surface area contributed by atoms with Crippen molar-refractivity contribution >= 4 is 11.9 Å². The number of esters is 1. The number of rotatable bonds is 49. The summed E-state index contributed by atoms with van der Waals surface area (Å²) in [5, 5.41) is 23.7. The van der Waals surface area contributed by atoms with Crippen molar-refractivity contribution in [1.29, 1.82) is 0 Å². The first-order valence-electron chi connectivity index (χ1n) is 26.9. The highest BCUT2D eigenvalue weighted by Gasteiger charge is 2.24. The maximum Gasteiger partial charge on any atom is 0.306 e. The summed E-state index contributed by atoms with van der Waals surface area (Å²) in [5.41, 5.74) is 0. The van der Waals surface area contributed by atoms with Crippen LogP contribution >= 0.6 is 0 Å². The molecule has 6 nitrogen and oxygen atoms in total. The molecule has 1 amide bonds. The Labute approximate surface area is 374 Å². The topological polar surface area (TPSA) is 95.9 Å². The van der Waals surface area contributed by atoms with E-state index in [1.54, 1.807) is 0 Å². The van der Waals surface area contributed by atoms with E-state index >= 15 is 0 Å². The Hall–Kier alpha value is -1.40. The Morgan fingerprint density at radius 2 is 0.800 bits per heavy atom. The number of hydrogen-bond acceptors (Lipinski definition) is 5. The molecule has 0 saturated heterocycles. The first kappa shape index (κ1) is 58.6. The summed E-state index contributed by atoms with van der Waals surface area (Å²) < 4.78 is 5.94. The highest BCUT2D eigenvalue weighted by molar-refractivity contribution is 5.77. The molecule has 356 valence electrons. The number of carbonyl (C=O) groups excluding carboxylic acids is 2. The SMILES string of the molecule is CCCCCCCC/C=C/CCCCCCCCCCCC(=O)OC(CCCCCCCCCCCCCC)CC(=O)NC(CO)C(O)CCCCCCCCCCCC. The van der Waals surface area contributed by atoms with Gasteiger partial charge in [0.1, 0.15) is 6.10 Å². The summed E-state index contributed by atoms with van der Waals surface area (Å²) in [4.78, 5) is 26.1. The molecule has 0 aliphatic rings. The molecular weight excluding hydrogens is 743 g/mol. The minimum Gasteiger partial charge on any atom is -0.462 e. The molecule has 0 spiro atoms. The van der Waals surface area contributed by atoms with Crippen LogP contribution in [0.5, 0.6) is 0 Å². The van der Waals surface area contributed by atoms with Crippen LogP contribution < -0.4 is 5.32 Å². The second kappa shape index (κ2) is 48.6. The monoisotopic (exact) mass is 848 g/mol. The van der Waals surface area contributed by atoms with E-state index in [4.69, 9.17) is 4.74 Å². The molecule has 0 rings (SSSR count). The number of aliphatic hydroxyl groups excluding tert-OH is 2. The minimum atomic E-state index is -0.780. The summed E-state index contributed by atoms with van der Waals surface area (Å²) in [6.45, 7) is 6.49. The molecule has 3 N–H and O–H groups in total. The van der Waals surface area contributed by atoms with E-state index in [1.807, 2.05) is 0 Å². The van der Waals surface area contributed by atoms with Crippen molar-refractivity contribution in [2.45, 2.75) is 315 Å². The molecule has 0 aromatic heterocycles. The average Bonchev–Trinajstić information content (AvgIpc) is 3.24. The van der Waals surface area contributed by atoms with Crippen molar-refractivity contribution in [3.8, 4) is 0 Å². The largest absolute Gasteiger partial charge is 0.462 e. The van der Waals surface area contributed by atoms with Gasteiger partial charge in [-0.1, -0.05) is 245 Å². The molecular formula is C54H105NO5. The van der Waals surface area contributed by atoms with Gasteiger partial charge in [0.2, 0.25) is 5.91 Å². The number of unbranched alkanes of at least 4 members (excludes halogenated alkanes) is 35. The zero-order chi connectivity index (χ0) is 43.8. The van der Waals surface area contributed by atoms with E-state index in [2.05, 4.69) is 38.2 Å². The van der Waals surface area contributed by atoms with Crippen molar-refractivity contribution in [2.75, 3.05) is 6.61 Å². The molecule has 0 aromatic carbocycles. The third-order valence-electron chi connectivity index (χ3n) is 12.6. The van der Waals surface area contributed by atoms with Crippen LogP contribution in [0.25, 0.3) is 0 Å². The van der Waals surface area contributed by atoms with Crippen LogP contribution in [-0.2, 0) is 14.3 Å². The van der Waals surface area contributed by atoms with Gasteiger partial charge in [0.05, 0.1) is 25.2 Å². The van der Waals surface area contributed by atoms with Gasteiger partial charge in [0.25, 0.3) is 0 Å². The fourth-order valence-corrected chi connectivity index (χ4v) is 8.49. The van der Waals surface area contributed by atoms with E-state index in [1.165, 1.54) is 205 Å². The zero-order valence-corrected chi connectivity index (χ0v) is 40.6.